The zero-order valence-corrected chi connectivity index (χ0v) is 24.2. The molecule has 1 aromatic heterocycles. The highest BCUT2D eigenvalue weighted by molar-refractivity contribution is 9.10. The van der Waals surface area contributed by atoms with Crippen LogP contribution in [0.3, 0.4) is 0 Å². The first-order chi connectivity index (χ1) is 15.2. The summed E-state index contributed by atoms with van der Waals surface area (Å²) in [5, 5.41) is 20.2. The van der Waals surface area contributed by atoms with E-state index in [9.17, 15) is 14.6 Å². The van der Waals surface area contributed by atoms with Crippen molar-refractivity contribution in [2.75, 3.05) is 18.9 Å². The Morgan fingerprint density at radius 1 is 1.33 bits per heavy atom. The summed E-state index contributed by atoms with van der Waals surface area (Å²) in [5.41, 5.74) is 5.10. The number of nitrogens with zero attached hydrogens (tertiary/aromatic N) is 2. The topological polar surface area (TPSA) is 112 Å². The lowest BCUT2D eigenvalue weighted by molar-refractivity contribution is 0.213. The van der Waals surface area contributed by atoms with Crippen LogP contribution in [-0.4, -0.2) is 46.0 Å². The third kappa shape index (κ3) is 5.59. The van der Waals surface area contributed by atoms with Gasteiger partial charge < -0.3 is 10.8 Å². The highest BCUT2D eigenvalue weighted by Gasteiger charge is 2.47. The van der Waals surface area contributed by atoms with Crippen LogP contribution in [-0.2, 0) is 15.7 Å². The van der Waals surface area contributed by atoms with Crippen molar-refractivity contribution in [2.24, 2.45) is 11.1 Å². The van der Waals surface area contributed by atoms with Gasteiger partial charge in [-0.05, 0) is 70.9 Å². The second-order valence-electron chi connectivity index (χ2n) is 10.5. The monoisotopic (exact) mass is 562 g/mol. The Morgan fingerprint density at radius 2 is 1.88 bits per heavy atom. The van der Waals surface area contributed by atoms with Gasteiger partial charge in [-0.2, -0.15) is 5.26 Å². The number of hydrogen-bond donors (Lipinski definition) is 4. The first kappa shape index (κ1) is 28.5. The molecule has 1 fully saturated rings. The number of pyridine rings is 1. The molecule has 2 rings (SSSR count). The van der Waals surface area contributed by atoms with Crippen molar-refractivity contribution in [3.8, 4) is 6.07 Å². The molecule has 0 bridgehead atoms. The van der Waals surface area contributed by atoms with Crippen LogP contribution in [0.15, 0.2) is 10.7 Å². The van der Waals surface area contributed by atoms with Crippen LogP contribution in [0.5, 0.6) is 0 Å². The minimum absolute atomic E-state index is 0.00415. The van der Waals surface area contributed by atoms with Gasteiger partial charge in [-0.1, -0.05) is 38.9 Å². The maximum atomic E-state index is 16.1. The van der Waals surface area contributed by atoms with Crippen molar-refractivity contribution in [2.45, 2.75) is 82.8 Å². The van der Waals surface area contributed by atoms with E-state index in [0.29, 0.717) is 16.3 Å². The van der Waals surface area contributed by atoms with E-state index < -0.39 is 34.3 Å². The van der Waals surface area contributed by atoms with Crippen molar-refractivity contribution >= 4 is 39.3 Å². The van der Waals surface area contributed by atoms with Gasteiger partial charge in [0.05, 0.1) is 25.4 Å². The van der Waals surface area contributed by atoms with Crippen molar-refractivity contribution in [1.29, 1.82) is 5.26 Å². The highest BCUT2D eigenvalue weighted by atomic mass is 79.9. The number of nitriles is 1. The molecule has 1 heterocycles. The normalized spacial score (nSPS) is 18.5. The number of hydrogen-bond acceptors (Lipinski definition) is 5. The minimum atomic E-state index is -3.45. The summed E-state index contributed by atoms with van der Waals surface area (Å²) in [7, 11) is -5.53. The Hall–Kier alpha value is -0.703. The number of thiol groups is 1. The Labute approximate surface area is 208 Å². The Balaban J connectivity index is 2.54. The van der Waals surface area contributed by atoms with Crippen molar-refractivity contribution < 1.29 is 13.7 Å². The molecule has 33 heavy (non-hydrogen) atoms. The lowest BCUT2D eigenvalue weighted by atomic mass is 10.0. The van der Waals surface area contributed by atoms with Crippen LogP contribution in [0.1, 0.15) is 60.1 Å². The third-order valence-electron chi connectivity index (χ3n) is 7.80. The van der Waals surface area contributed by atoms with E-state index in [1.165, 1.54) is 0 Å². The second-order valence-corrected chi connectivity index (χ2v) is 19.7. The maximum Gasteiger partial charge on any atom is 0.145 e. The van der Waals surface area contributed by atoms with Crippen LogP contribution >= 0.6 is 15.9 Å². The maximum absolute atomic E-state index is 16.1. The fourth-order valence-electron chi connectivity index (χ4n) is 4.52. The van der Waals surface area contributed by atoms with E-state index in [-0.39, 0.29) is 23.5 Å². The SMILES string of the molecule is CC[Si](CC)(CC)c1cc(Br)nc([C@@](C)(N)C[SH](=O)(NCC2(CO)CC2)C(C)(C)C#N)c1F. The molecule has 1 aromatic rings. The van der Waals surface area contributed by atoms with Crippen molar-refractivity contribution in [3.63, 3.8) is 0 Å². The largest absolute Gasteiger partial charge is 0.396 e. The van der Waals surface area contributed by atoms with Gasteiger partial charge in [0, 0.05) is 24.3 Å². The molecule has 0 aliphatic heterocycles. The number of rotatable bonds is 12. The summed E-state index contributed by atoms with van der Waals surface area (Å²) in [4.78, 5) is 4.42. The number of aliphatic hydroxyl groups is 1. The van der Waals surface area contributed by atoms with Crippen molar-refractivity contribution in [1.82, 2.24) is 9.71 Å². The zero-order valence-electron chi connectivity index (χ0n) is 20.8. The van der Waals surface area contributed by atoms with Gasteiger partial charge in [0.15, 0.2) is 0 Å². The minimum Gasteiger partial charge on any atom is -0.396 e. The molecule has 0 radical (unpaired) electrons. The van der Waals surface area contributed by atoms with E-state index >= 15 is 4.39 Å². The first-order valence-corrected chi connectivity index (χ1v) is 17.0. The van der Waals surface area contributed by atoms with Gasteiger partial charge in [0.25, 0.3) is 0 Å². The van der Waals surface area contributed by atoms with Crippen LogP contribution in [0.4, 0.5) is 4.39 Å². The summed E-state index contributed by atoms with van der Waals surface area (Å²) in [6.45, 7) is 11.5. The third-order valence-corrected chi connectivity index (χ3v) is 17.4. The van der Waals surface area contributed by atoms with E-state index in [2.05, 4.69) is 52.5 Å². The predicted molar refractivity (Wildman–Crippen MR) is 141 cm³/mol. The quantitative estimate of drug-likeness (QED) is 0.177. The number of aliphatic hydroxyl groups excluding tert-OH is 1. The molecular weight excluding hydrogens is 523 g/mol. The zero-order chi connectivity index (χ0) is 25.3. The Bertz CT molecular complexity index is 950. The molecule has 10 heteroatoms. The molecule has 4 N–H and O–H groups in total. The van der Waals surface area contributed by atoms with Crippen LogP contribution in [0.25, 0.3) is 0 Å². The second kappa shape index (κ2) is 10.1. The molecular formula is C23H40BrFN4O2SSi. The molecule has 188 valence electrons. The van der Waals surface area contributed by atoms with Crippen molar-refractivity contribution in [3.05, 3.63) is 22.2 Å². The summed E-state index contributed by atoms with van der Waals surface area (Å²) in [6, 6.07) is 6.65. The smallest absolute Gasteiger partial charge is 0.145 e. The van der Waals surface area contributed by atoms with Gasteiger partial charge >= 0.3 is 0 Å². The summed E-state index contributed by atoms with van der Waals surface area (Å²) in [6.07, 6.45) is 1.68. The molecule has 1 aliphatic carbocycles. The fraction of sp³-hybridized carbons (Fsp3) is 0.739. The number of halogens is 2. The summed E-state index contributed by atoms with van der Waals surface area (Å²) in [5.74, 6) is -0.531. The van der Waals surface area contributed by atoms with Gasteiger partial charge in [-0.3, -0.25) is 8.93 Å². The molecule has 0 unspecified atom stereocenters. The van der Waals surface area contributed by atoms with E-state index in [0.717, 1.165) is 31.0 Å². The molecule has 1 aliphatic rings. The van der Waals surface area contributed by atoms with Gasteiger partial charge in [-0.15, -0.1) is 0 Å². The molecule has 6 nitrogen and oxygen atoms in total. The summed E-state index contributed by atoms with van der Waals surface area (Å²) >= 11 is 3.45. The fourth-order valence-corrected chi connectivity index (χ4v) is 11.5. The highest BCUT2D eigenvalue weighted by Crippen LogP contribution is 2.45. The molecule has 0 spiro atoms. The standard InChI is InChI=1S/C23H40BrFN4O2SSi/c1-7-33(8-2,9-3)17-12-18(24)29-20(19(17)25)22(6,27)16-32(31,21(4,5)13-26)28-14-23(15-30)10-11-23/h12,30,32H,7-11,14-16,27H2,1-6H3,(H,28,31)/t22-/m0/s1. The lowest BCUT2D eigenvalue weighted by Crippen LogP contribution is -2.58. The predicted octanol–water partition coefficient (Wildman–Crippen LogP) is 3.47. The van der Waals surface area contributed by atoms with Gasteiger partial charge in [0.1, 0.15) is 15.2 Å². The number of aromatic nitrogens is 1. The average molecular weight is 564 g/mol. The Morgan fingerprint density at radius 3 is 2.30 bits per heavy atom. The van der Waals surface area contributed by atoms with Crippen LogP contribution < -0.4 is 15.6 Å². The van der Waals surface area contributed by atoms with Gasteiger partial charge in [-0.25, -0.2) is 9.37 Å². The lowest BCUT2D eigenvalue weighted by Gasteiger charge is -2.41. The molecule has 1 saturated carbocycles. The summed E-state index contributed by atoms with van der Waals surface area (Å²) < 4.78 is 32.7. The first-order valence-electron chi connectivity index (χ1n) is 11.7. The van der Waals surface area contributed by atoms with Crippen LogP contribution in [0.2, 0.25) is 18.1 Å². The van der Waals surface area contributed by atoms with E-state index in [1.807, 2.05) is 0 Å². The Kier molecular flexibility index (Phi) is 8.74. The molecule has 1 atom stereocenters. The molecule has 0 saturated heterocycles. The molecule has 0 amide bonds. The van der Waals surface area contributed by atoms with E-state index in [1.54, 1.807) is 26.8 Å². The van der Waals surface area contributed by atoms with Crippen LogP contribution in [0, 0.1) is 22.6 Å². The average Bonchev–Trinajstić information content (AvgIpc) is 3.56. The molecule has 0 aromatic carbocycles. The van der Waals surface area contributed by atoms with E-state index in [4.69, 9.17) is 5.73 Å². The van der Waals surface area contributed by atoms with Gasteiger partial charge in [0.2, 0.25) is 0 Å². The number of nitrogens with two attached hydrogens (primary N) is 1. The number of nitrogens with one attached hydrogen (secondary N) is 1.